The number of hydrogen-bond donors (Lipinski definition) is 1. The first-order valence-corrected chi connectivity index (χ1v) is 9.56. The van der Waals surface area contributed by atoms with Crippen molar-refractivity contribution < 1.29 is 0 Å². The van der Waals surface area contributed by atoms with Crippen LogP contribution in [0.25, 0.3) is 0 Å². The van der Waals surface area contributed by atoms with Crippen molar-refractivity contribution in [3.05, 3.63) is 102 Å². The van der Waals surface area contributed by atoms with Crippen LogP contribution < -0.4 is 5.43 Å². The van der Waals surface area contributed by atoms with Gasteiger partial charge in [-0.1, -0.05) is 72.8 Å². The fraction of sp³-hybridized carbons (Fsp3) is 0.208. The van der Waals surface area contributed by atoms with E-state index in [2.05, 4.69) is 65.9 Å². The van der Waals surface area contributed by atoms with Gasteiger partial charge in [0.05, 0.1) is 11.4 Å². The maximum absolute atomic E-state index is 4.73. The Morgan fingerprint density at radius 3 is 1.96 bits per heavy atom. The van der Waals surface area contributed by atoms with Gasteiger partial charge in [-0.05, 0) is 44.1 Å². The lowest BCUT2D eigenvalue weighted by Gasteiger charge is -2.19. The second-order valence-electron chi connectivity index (χ2n) is 7.06. The quantitative estimate of drug-likeness (QED) is 0.495. The van der Waals surface area contributed by atoms with E-state index in [9.17, 15) is 0 Å². The Bertz CT molecular complexity index is 844. The van der Waals surface area contributed by atoms with Crippen molar-refractivity contribution in [3.63, 3.8) is 0 Å². The van der Waals surface area contributed by atoms with Crippen LogP contribution in [0.2, 0.25) is 0 Å². The topological polar surface area (TPSA) is 27.6 Å². The lowest BCUT2D eigenvalue weighted by molar-refractivity contribution is 0.317. The molecule has 1 aliphatic rings. The Labute approximate surface area is 161 Å². The number of anilines is 1. The van der Waals surface area contributed by atoms with Gasteiger partial charge in [-0.2, -0.15) is 5.10 Å². The lowest BCUT2D eigenvalue weighted by atomic mass is 10.0. The van der Waals surface area contributed by atoms with Crippen LogP contribution in [0.5, 0.6) is 0 Å². The first-order chi connectivity index (χ1) is 13.3. The zero-order chi connectivity index (χ0) is 18.5. The Morgan fingerprint density at radius 1 is 0.852 bits per heavy atom. The molecule has 0 aromatic heterocycles. The van der Waals surface area contributed by atoms with Crippen molar-refractivity contribution >= 4 is 11.4 Å². The first kappa shape index (κ1) is 17.5. The second kappa shape index (κ2) is 8.19. The van der Waals surface area contributed by atoms with Crippen LogP contribution in [-0.4, -0.2) is 24.2 Å². The van der Waals surface area contributed by atoms with Gasteiger partial charge >= 0.3 is 0 Å². The van der Waals surface area contributed by atoms with E-state index in [4.69, 9.17) is 5.10 Å². The second-order valence-corrected chi connectivity index (χ2v) is 7.06. The van der Waals surface area contributed by atoms with Gasteiger partial charge in [0, 0.05) is 17.2 Å². The van der Waals surface area contributed by atoms with E-state index in [1.165, 1.54) is 24.9 Å². The Hall–Kier alpha value is -2.91. The lowest BCUT2D eigenvalue weighted by Crippen LogP contribution is -2.17. The normalized spacial score (nSPS) is 16.9. The van der Waals surface area contributed by atoms with Crippen molar-refractivity contribution in [2.45, 2.75) is 18.9 Å². The predicted molar refractivity (Wildman–Crippen MR) is 113 cm³/mol. The molecule has 1 atom stereocenters. The molecule has 0 radical (unpaired) electrons. The highest BCUT2D eigenvalue weighted by Crippen LogP contribution is 2.30. The SMILES string of the molecule is CN1CCCC1c1ccc(NN=C(c2ccccc2)c2ccccc2)cc1. The molecule has 27 heavy (non-hydrogen) atoms. The average molecular weight is 355 g/mol. The Morgan fingerprint density at radius 2 is 1.44 bits per heavy atom. The Kier molecular flexibility index (Phi) is 5.31. The first-order valence-electron chi connectivity index (χ1n) is 9.56. The highest BCUT2D eigenvalue weighted by atomic mass is 15.3. The average Bonchev–Trinajstić information content (AvgIpc) is 3.16. The van der Waals surface area contributed by atoms with E-state index in [-0.39, 0.29) is 0 Å². The highest BCUT2D eigenvalue weighted by Gasteiger charge is 2.22. The number of rotatable bonds is 5. The van der Waals surface area contributed by atoms with Crippen LogP contribution in [0.3, 0.4) is 0 Å². The molecule has 3 nitrogen and oxygen atoms in total. The van der Waals surface area contributed by atoms with E-state index < -0.39 is 0 Å². The third-order valence-corrected chi connectivity index (χ3v) is 5.21. The molecule has 0 aliphatic carbocycles. The molecular formula is C24H25N3. The van der Waals surface area contributed by atoms with Crippen LogP contribution in [-0.2, 0) is 0 Å². The molecule has 3 heteroatoms. The summed E-state index contributed by atoms with van der Waals surface area (Å²) in [5.41, 5.74) is 8.77. The van der Waals surface area contributed by atoms with E-state index in [0.29, 0.717) is 6.04 Å². The van der Waals surface area contributed by atoms with Gasteiger partial charge in [-0.3, -0.25) is 10.3 Å². The predicted octanol–water partition coefficient (Wildman–Crippen LogP) is 5.32. The van der Waals surface area contributed by atoms with Crippen molar-refractivity contribution in [1.82, 2.24) is 4.90 Å². The molecule has 4 rings (SSSR count). The van der Waals surface area contributed by atoms with Gasteiger partial charge in [-0.25, -0.2) is 0 Å². The molecule has 3 aromatic carbocycles. The molecule has 0 bridgehead atoms. The summed E-state index contributed by atoms with van der Waals surface area (Å²) in [5, 5.41) is 4.73. The number of hydrazone groups is 1. The van der Waals surface area contributed by atoms with Crippen molar-refractivity contribution in [3.8, 4) is 0 Å². The summed E-state index contributed by atoms with van der Waals surface area (Å²) in [6, 6.07) is 29.8. The van der Waals surface area contributed by atoms with Gasteiger partial charge in [0.2, 0.25) is 0 Å². The Balaban J connectivity index is 1.57. The van der Waals surface area contributed by atoms with Crippen molar-refractivity contribution in [2.75, 3.05) is 19.0 Å². The highest BCUT2D eigenvalue weighted by molar-refractivity contribution is 6.13. The molecule has 0 amide bonds. The molecular weight excluding hydrogens is 330 g/mol. The van der Waals surface area contributed by atoms with Crippen molar-refractivity contribution in [2.24, 2.45) is 5.10 Å². The number of likely N-dealkylation sites (tertiary alicyclic amines) is 1. The molecule has 3 aromatic rings. The van der Waals surface area contributed by atoms with E-state index in [0.717, 1.165) is 22.5 Å². The third-order valence-electron chi connectivity index (χ3n) is 5.21. The fourth-order valence-corrected chi connectivity index (χ4v) is 3.72. The number of nitrogens with zero attached hydrogens (tertiary/aromatic N) is 2. The largest absolute Gasteiger partial charge is 0.299 e. The molecule has 1 N–H and O–H groups in total. The summed E-state index contributed by atoms with van der Waals surface area (Å²) in [5.74, 6) is 0. The van der Waals surface area contributed by atoms with Gasteiger partial charge in [0.1, 0.15) is 0 Å². The zero-order valence-electron chi connectivity index (χ0n) is 15.7. The molecule has 1 heterocycles. The van der Waals surface area contributed by atoms with E-state index in [1.807, 2.05) is 36.4 Å². The summed E-state index contributed by atoms with van der Waals surface area (Å²) in [6.45, 7) is 1.19. The smallest absolute Gasteiger partial charge is 0.0977 e. The maximum Gasteiger partial charge on any atom is 0.0977 e. The summed E-state index contributed by atoms with van der Waals surface area (Å²) >= 11 is 0. The van der Waals surface area contributed by atoms with Gasteiger partial charge in [-0.15, -0.1) is 0 Å². The molecule has 0 spiro atoms. The third kappa shape index (κ3) is 4.09. The van der Waals surface area contributed by atoms with Crippen LogP contribution in [0, 0.1) is 0 Å². The number of hydrogen-bond acceptors (Lipinski definition) is 3. The summed E-state index contributed by atoms with van der Waals surface area (Å²) in [4.78, 5) is 2.43. The van der Waals surface area contributed by atoms with Crippen LogP contribution in [0.1, 0.15) is 35.6 Å². The van der Waals surface area contributed by atoms with Gasteiger partial charge < -0.3 is 0 Å². The minimum Gasteiger partial charge on any atom is -0.299 e. The number of benzene rings is 3. The summed E-state index contributed by atoms with van der Waals surface area (Å²) in [7, 11) is 2.21. The van der Waals surface area contributed by atoms with Gasteiger partial charge in [0.25, 0.3) is 0 Å². The minimum absolute atomic E-state index is 0.548. The molecule has 1 aliphatic heterocycles. The van der Waals surface area contributed by atoms with E-state index in [1.54, 1.807) is 0 Å². The molecule has 136 valence electrons. The van der Waals surface area contributed by atoms with Crippen LogP contribution in [0.15, 0.2) is 90.0 Å². The standard InChI is InChI=1S/C24H25N3/c1-27-18-8-13-23(27)19-14-16-22(17-15-19)25-26-24(20-9-4-2-5-10-20)21-11-6-3-7-12-21/h2-7,9-12,14-17,23,25H,8,13,18H2,1H3. The monoisotopic (exact) mass is 355 g/mol. The molecule has 1 fully saturated rings. The van der Waals surface area contributed by atoms with Crippen molar-refractivity contribution in [1.29, 1.82) is 0 Å². The summed E-state index contributed by atoms with van der Waals surface area (Å²) in [6.07, 6.45) is 2.52. The minimum atomic E-state index is 0.548. The molecule has 1 saturated heterocycles. The zero-order valence-corrected chi connectivity index (χ0v) is 15.7. The molecule has 0 saturated carbocycles. The summed E-state index contributed by atoms with van der Waals surface area (Å²) < 4.78 is 0. The van der Waals surface area contributed by atoms with Crippen LogP contribution in [0.4, 0.5) is 5.69 Å². The van der Waals surface area contributed by atoms with Gasteiger partial charge in [0.15, 0.2) is 0 Å². The van der Waals surface area contributed by atoms with E-state index >= 15 is 0 Å². The number of nitrogens with one attached hydrogen (secondary N) is 1. The van der Waals surface area contributed by atoms with Crippen LogP contribution >= 0.6 is 0 Å². The fourth-order valence-electron chi connectivity index (χ4n) is 3.72. The molecule has 1 unspecified atom stereocenters. The maximum atomic E-state index is 4.73.